The van der Waals surface area contributed by atoms with Crippen molar-refractivity contribution in [3.8, 4) is 5.75 Å². The summed E-state index contributed by atoms with van der Waals surface area (Å²) in [4.78, 5) is 0. The number of rotatable bonds is 5. The molecule has 0 unspecified atom stereocenters. The summed E-state index contributed by atoms with van der Waals surface area (Å²) in [5.74, 6) is -3.14. The quantitative estimate of drug-likeness (QED) is 0.833. The lowest BCUT2D eigenvalue weighted by Gasteiger charge is -2.09. The Bertz CT molecular complexity index is 584. The van der Waals surface area contributed by atoms with Crippen LogP contribution < -0.4 is 10.1 Å². The van der Waals surface area contributed by atoms with E-state index in [2.05, 4.69) is 5.32 Å². The zero-order valence-corrected chi connectivity index (χ0v) is 10.9. The fourth-order valence-corrected chi connectivity index (χ4v) is 1.73. The minimum atomic E-state index is -1.47. The third-order valence-corrected chi connectivity index (χ3v) is 2.75. The molecule has 106 valence electrons. The van der Waals surface area contributed by atoms with Gasteiger partial charge in [-0.3, -0.25) is 0 Å². The fraction of sp³-hybridized carbons (Fsp3) is 0.200. The van der Waals surface area contributed by atoms with Crippen molar-refractivity contribution in [1.29, 1.82) is 0 Å². The second kappa shape index (κ2) is 6.32. The third kappa shape index (κ3) is 3.23. The van der Waals surface area contributed by atoms with Crippen molar-refractivity contribution in [2.24, 2.45) is 0 Å². The summed E-state index contributed by atoms with van der Waals surface area (Å²) < 4.78 is 44.6. The molecule has 20 heavy (non-hydrogen) atoms. The molecule has 0 aliphatic heterocycles. The molecule has 2 nitrogen and oxygen atoms in total. The summed E-state index contributed by atoms with van der Waals surface area (Å²) in [7, 11) is 0. The summed E-state index contributed by atoms with van der Waals surface area (Å²) in [5, 5.41) is 2.73. The molecule has 0 fully saturated rings. The second-order valence-electron chi connectivity index (χ2n) is 4.15. The molecule has 0 aliphatic rings. The first kappa shape index (κ1) is 14.2. The molecule has 0 aliphatic carbocycles. The van der Waals surface area contributed by atoms with Crippen LogP contribution in [-0.4, -0.2) is 6.61 Å². The molecule has 5 heteroatoms. The van der Waals surface area contributed by atoms with Crippen LogP contribution in [0.2, 0.25) is 0 Å². The average Bonchev–Trinajstić information content (AvgIpc) is 2.46. The maximum Gasteiger partial charge on any atom is 0.196 e. The van der Waals surface area contributed by atoms with Crippen LogP contribution in [0.5, 0.6) is 5.75 Å². The predicted molar refractivity (Wildman–Crippen MR) is 71.3 cm³/mol. The van der Waals surface area contributed by atoms with Crippen LogP contribution in [0, 0.1) is 17.5 Å². The van der Waals surface area contributed by atoms with Crippen molar-refractivity contribution in [3.05, 3.63) is 59.4 Å². The number of benzene rings is 2. The van der Waals surface area contributed by atoms with E-state index in [1.165, 1.54) is 6.07 Å². The lowest BCUT2D eigenvalue weighted by atomic mass is 10.2. The summed E-state index contributed by atoms with van der Waals surface area (Å²) in [6.07, 6.45) is 0. The van der Waals surface area contributed by atoms with Gasteiger partial charge >= 0.3 is 0 Å². The number of ether oxygens (including phenoxy) is 1. The first-order valence-electron chi connectivity index (χ1n) is 6.21. The van der Waals surface area contributed by atoms with E-state index in [1.807, 2.05) is 19.1 Å². The highest BCUT2D eigenvalue weighted by Crippen LogP contribution is 2.20. The number of nitrogens with one attached hydrogen (secondary N) is 1. The molecule has 2 aromatic carbocycles. The molecular weight excluding hydrogens is 267 g/mol. The van der Waals surface area contributed by atoms with Gasteiger partial charge in [0.1, 0.15) is 5.75 Å². The van der Waals surface area contributed by atoms with Gasteiger partial charge < -0.3 is 10.1 Å². The predicted octanol–water partition coefficient (Wildman–Crippen LogP) is 4.11. The Morgan fingerprint density at radius 3 is 2.30 bits per heavy atom. The monoisotopic (exact) mass is 281 g/mol. The molecule has 0 radical (unpaired) electrons. The highest BCUT2D eigenvalue weighted by Gasteiger charge is 2.12. The van der Waals surface area contributed by atoms with Gasteiger partial charge in [-0.25, -0.2) is 13.2 Å². The van der Waals surface area contributed by atoms with E-state index in [-0.39, 0.29) is 5.69 Å². The Balaban J connectivity index is 2.03. The smallest absolute Gasteiger partial charge is 0.196 e. The Morgan fingerprint density at radius 2 is 1.65 bits per heavy atom. The van der Waals surface area contributed by atoms with Gasteiger partial charge in [0.05, 0.1) is 12.3 Å². The summed E-state index contributed by atoms with van der Waals surface area (Å²) in [5.41, 5.74) is 0.801. The molecule has 0 spiro atoms. The van der Waals surface area contributed by atoms with E-state index in [9.17, 15) is 13.2 Å². The van der Waals surface area contributed by atoms with Crippen molar-refractivity contribution >= 4 is 5.69 Å². The molecule has 0 atom stereocenters. The minimum Gasteiger partial charge on any atom is -0.494 e. The van der Waals surface area contributed by atoms with Crippen LogP contribution in [0.25, 0.3) is 0 Å². The lowest BCUT2D eigenvalue weighted by Crippen LogP contribution is -2.04. The van der Waals surface area contributed by atoms with Gasteiger partial charge in [-0.2, -0.15) is 0 Å². The van der Waals surface area contributed by atoms with Gasteiger partial charge in [-0.1, -0.05) is 12.1 Å². The highest BCUT2D eigenvalue weighted by atomic mass is 19.2. The largest absolute Gasteiger partial charge is 0.494 e. The zero-order chi connectivity index (χ0) is 14.5. The molecular formula is C15H14F3NO. The van der Waals surface area contributed by atoms with Gasteiger partial charge in [0.2, 0.25) is 0 Å². The van der Waals surface area contributed by atoms with Crippen LogP contribution in [0.1, 0.15) is 12.5 Å². The Hall–Kier alpha value is -2.17. The highest BCUT2D eigenvalue weighted by molar-refractivity contribution is 5.46. The SMILES string of the molecule is CCOc1ccc(CNc2ccc(F)c(F)c2F)cc1. The third-order valence-electron chi connectivity index (χ3n) is 2.75. The summed E-state index contributed by atoms with van der Waals surface area (Å²) >= 11 is 0. The van der Waals surface area contributed by atoms with E-state index in [4.69, 9.17) is 4.74 Å². The Labute approximate surface area is 115 Å². The molecule has 0 aromatic heterocycles. The van der Waals surface area contributed by atoms with Gasteiger partial charge in [0, 0.05) is 6.54 Å². The van der Waals surface area contributed by atoms with E-state index in [1.54, 1.807) is 12.1 Å². The van der Waals surface area contributed by atoms with Gasteiger partial charge in [-0.15, -0.1) is 0 Å². The lowest BCUT2D eigenvalue weighted by molar-refractivity contribution is 0.340. The van der Waals surface area contributed by atoms with E-state index >= 15 is 0 Å². The van der Waals surface area contributed by atoms with Crippen molar-refractivity contribution in [2.45, 2.75) is 13.5 Å². The Kier molecular flexibility index (Phi) is 4.50. The minimum absolute atomic E-state index is 0.0715. The summed E-state index contributed by atoms with van der Waals surface area (Å²) in [6.45, 7) is 2.77. The number of hydrogen-bond acceptors (Lipinski definition) is 2. The molecule has 1 N–H and O–H groups in total. The fourth-order valence-electron chi connectivity index (χ4n) is 1.73. The molecule has 0 heterocycles. The number of anilines is 1. The molecule has 0 saturated carbocycles. The zero-order valence-electron chi connectivity index (χ0n) is 10.9. The normalized spacial score (nSPS) is 10.4. The van der Waals surface area contributed by atoms with Gasteiger partial charge in [0.15, 0.2) is 17.5 Å². The first-order chi connectivity index (χ1) is 9.61. The van der Waals surface area contributed by atoms with Gasteiger partial charge in [-0.05, 0) is 36.8 Å². The van der Waals surface area contributed by atoms with Crippen molar-refractivity contribution in [1.82, 2.24) is 0 Å². The first-order valence-corrected chi connectivity index (χ1v) is 6.21. The second-order valence-corrected chi connectivity index (χ2v) is 4.15. The molecule has 0 saturated heterocycles. The van der Waals surface area contributed by atoms with Crippen LogP contribution in [-0.2, 0) is 6.54 Å². The number of halogens is 3. The molecule has 2 rings (SSSR count). The maximum absolute atomic E-state index is 13.4. The standard InChI is InChI=1S/C15H14F3NO/c1-2-20-11-5-3-10(4-6-11)9-19-13-8-7-12(16)14(17)15(13)18/h3-8,19H,2,9H2,1H3. The van der Waals surface area contributed by atoms with E-state index in [0.717, 1.165) is 17.4 Å². The number of hydrogen-bond donors (Lipinski definition) is 1. The van der Waals surface area contributed by atoms with Crippen molar-refractivity contribution in [3.63, 3.8) is 0 Å². The molecule has 0 bridgehead atoms. The average molecular weight is 281 g/mol. The van der Waals surface area contributed by atoms with Crippen LogP contribution in [0.3, 0.4) is 0 Å². The maximum atomic E-state index is 13.4. The van der Waals surface area contributed by atoms with Crippen molar-refractivity contribution in [2.75, 3.05) is 11.9 Å². The Morgan fingerprint density at radius 1 is 0.950 bits per heavy atom. The molecule has 2 aromatic rings. The van der Waals surface area contributed by atoms with Crippen LogP contribution >= 0.6 is 0 Å². The summed E-state index contributed by atoms with van der Waals surface area (Å²) in [6, 6.07) is 9.27. The van der Waals surface area contributed by atoms with E-state index in [0.29, 0.717) is 13.2 Å². The topological polar surface area (TPSA) is 21.3 Å². The van der Waals surface area contributed by atoms with Crippen LogP contribution in [0.4, 0.5) is 18.9 Å². The van der Waals surface area contributed by atoms with Gasteiger partial charge in [0.25, 0.3) is 0 Å². The van der Waals surface area contributed by atoms with E-state index < -0.39 is 17.5 Å². The molecule has 0 amide bonds. The van der Waals surface area contributed by atoms with Crippen LogP contribution in [0.15, 0.2) is 36.4 Å². The van der Waals surface area contributed by atoms with Crippen molar-refractivity contribution < 1.29 is 17.9 Å².